The van der Waals surface area contributed by atoms with Crippen molar-refractivity contribution in [1.82, 2.24) is 4.90 Å². The van der Waals surface area contributed by atoms with Crippen LogP contribution in [0.1, 0.15) is 5.56 Å². The molecule has 2 rings (SSSR count). The third-order valence-electron chi connectivity index (χ3n) is 3.90. The number of nitro benzene ring substituents is 1. The number of ether oxygens (including phenoxy) is 1. The summed E-state index contributed by atoms with van der Waals surface area (Å²) in [6, 6.07) is 8.89. The van der Waals surface area contributed by atoms with E-state index >= 15 is 0 Å². The van der Waals surface area contributed by atoms with Gasteiger partial charge >= 0.3 is 0 Å². The number of nitrogens with zero attached hydrogens (tertiary/aromatic N) is 3. The molecule has 1 fully saturated rings. The lowest BCUT2D eigenvalue weighted by Gasteiger charge is -2.42. The van der Waals surface area contributed by atoms with Crippen LogP contribution in [0.3, 0.4) is 0 Å². The zero-order chi connectivity index (χ0) is 17.8. The molecule has 8 heteroatoms. The fourth-order valence-electron chi connectivity index (χ4n) is 2.54. The van der Waals surface area contributed by atoms with E-state index in [4.69, 9.17) is 9.16 Å². The van der Waals surface area contributed by atoms with E-state index in [-0.39, 0.29) is 18.9 Å². The van der Waals surface area contributed by atoms with Crippen LogP contribution < -0.4 is 0 Å². The predicted molar refractivity (Wildman–Crippen MR) is 92.0 cm³/mol. The van der Waals surface area contributed by atoms with Crippen molar-refractivity contribution in [3.05, 3.63) is 39.9 Å². The highest BCUT2D eigenvalue weighted by Gasteiger charge is 2.41. The maximum Gasteiger partial charge on any atom is 0.269 e. The molecule has 7 nitrogen and oxygen atoms in total. The summed E-state index contributed by atoms with van der Waals surface area (Å²) >= 11 is 0. The smallest absolute Gasteiger partial charge is 0.269 e. The first kappa shape index (κ1) is 18.5. The molecule has 1 heterocycles. The van der Waals surface area contributed by atoms with Crippen LogP contribution in [0.15, 0.2) is 24.3 Å². The minimum Gasteiger partial charge on any atom is -0.415 e. The van der Waals surface area contributed by atoms with Crippen molar-refractivity contribution in [3.63, 3.8) is 0 Å². The van der Waals surface area contributed by atoms with E-state index in [1.165, 1.54) is 6.07 Å². The molecule has 0 aliphatic carbocycles. The van der Waals surface area contributed by atoms with E-state index in [1.54, 1.807) is 12.1 Å². The largest absolute Gasteiger partial charge is 0.415 e. The summed E-state index contributed by atoms with van der Waals surface area (Å²) in [6.07, 6.45) is 0. The summed E-state index contributed by atoms with van der Waals surface area (Å²) in [4.78, 5) is 12.5. The second-order valence-electron chi connectivity index (χ2n) is 6.95. The number of hydrogen-bond acceptors (Lipinski definition) is 6. The van der Waals surface area contributed by atoms with Gasteiger partial charge < -0.3 is 9.16 Å². The Morgan fingerprint density at radius 3 is 2.88 bits per heavy atom. The van der Waals surface area contributed by atoms with Crippen molar-refractivity contribution in [3.8, 4) is 6.07 Å². The number of nitro groups is 1. The molecule has 0 spiro atoms. The highest BCUT2D eigenvalue weighted by molar-refractivity contribution is 6.69. The number of hydrogen-bond donors (Lipinski definition) is 0. The van der Waals surface area contributed by atoms with Gasteiger partial charge in [-0.25, -0.2) is 0 Å². The van der Waals surface area contributed by atoms with Crippen LogP contribution >= 0.6 is 0 Å². The van der Waals surface area contributed by atoms with Gasteiger partial charge in [0.05, 0.1) is 30.8 Å². The first-order chi connectivity index (χ1) is 11.3. The van der Waals surface area contributed by atoms with Crippen LogP contribution in [0, 0.1) is 21.4 Å². The Hall–Kier alpha value is -1.79. The minimum atomic E-state index is -1.77. The van der Waals surface area contributed by atoms with Gasteiger partial charge in [-0.1, -0.05) is 12.1 Å². The maximum absolute atomic E-state index is 10.9. The lowest BCUT2D eigenvalue weighted by atomic mass is 9.99. The summed E-state index contributed by atoms with van der Waals surface area (Å²) in [5.74, 6) is 0. The van der Waals surface area contributed by atoms with Crippen molar-refractivity contribution < 1.29 is 14.1 Å². The molecule has 1 aromatic carbocycles. The van der Waals surface area contributed by atoms with E-state index in [0.29, 0.717) is 19.7 Å². The molecule has 0 saturated carbocycles. The third kappa shape index (κ3) is 4.61. The van der Waals surface area contributed by atoms with Crippen LogP contribution in [0.2, 0.25) is 19.6 Å². The van der Waals surface area contributed by atoms with Gasteiger partial charge in [-0.2, -0.15) is 5.26 Å². The van der Waals surface area contributed by atoms with Gasteiger partial charge in [0.1, 0.15) is 0 Å². The maximum atomic E-state index is 10.9. The number of morpholine rings is 1. The Morgan fingerprint density at radius 1 is 1.50 bits per heavy atom. The molecule has 24 heavy (non-hydrogen) atoms. The van der Waals surface area contributed by atoms with Gasteiger partial charge in [-0.3, -0.25) is 15.0 Å². The molecule has 0 bridgehead atoms. The monoisotopic (exact) mass is 349 g/mol. The second kappa shape index (κ2) is 7.40. The molecule has 0 N–H and O–H groups in total. The van der Waals surface area contributed by atoms with Crippen LogP contribution in [-0.2, 0) is 15.7 Å². The molecule has 1 unspecified atom stereocenters. The van der Waals surface area contributed by atoms with E-state index in [9.17, 15) is 15.4 Å². The highest BCUT2D eigenvalue weighted by Crippen LogP contribution is 2.25. The van der Waals surface area contributed by atoms with Crippen molar-refractivity contribution >= 4 is 14.0 Å². The van der Waals surface area contributed by atoms with Crippen molar-refractivity contribution in [2.75, 3.05) is 26.4 Å². The second-order valence-corrected chi connectivity index (χ2v) is 11.5. The molecular weight excluding hydrogens is 326 g/mol. The highest BCUT2D eigenvalue weighted by atomic mass is 28.4. The zero-order valence-corrected chi connectivity index (χ0v) is 15.3. The minimum absolute atomic E-state index is 0.0571. The quantitative estimate of drug-likeness (QED) is 0.445. The van der Waals surface area contributed by atoms with Gasteiger partial charge in [0.15, 0.2) is 13.9 Å². The van der Waals surface area contributed by atoms with E-state index in [0.717, 1.165) is 5.56 Å². The van der Waals surface area contributed by atoms with Gasteiger partial charge in [-0.05, 0) is 25.2 Å². The predicted octanol–water partition coefficient (Wildman–Crippen LogP) is 2.54. The van der Waals surface area contributed by atoms with Crippen molar-refractivity contribution in [2.24, 2.45) is 0 Å². The Labute approximate surface area is 143 Å². The fourth-order valence-corrected chi connectivity index (χ4v) is 3.22. The van der Waals surface area contributed by atoms with Crippen molar-refractivity contribution in [2.45, 2.75) is 31.7 Å². The van der Waals surface area contributed by atoms with E-state index < -0.39 is 18.8 Å². The fraction of sp³-hybridized carbons (Fsp3) is 0.562. The van der Waals surface area contributed by atoms with Crippen LogP contribution in [0.25, 0.3) is 0 Å². The Kier molecular flexibility index (Phi) is 5.72. The molecule has 130 valence electrons. The average Bonchev–Trinajstić information content (AvgIpc) is 2.54. The topological polar surface area (TPSA) is 88.6 Å². The number of nitriles is 1. The Bertz CT molecular complexity index is 641. The van der Waals surface area contributed by atoms with Crippen LogP contribution in [0.5, 0.6) is 0 Å². The summed E-state index contributed by atoms with van der Waals surface area (Å²) in [5.41, 5.74) is 0.00349. The van der Waals surface area contributed by atoms with Crippen molar-refractivity contribution in [1.29, 1.82) is 5.26 Å². The number of non-ortho nitro benzene ring substituents is 1. The summed E-state index contributed by atoms with van der Waals surface area (Å²) in [6.45, 7) is 8.37. The molecule has 1 aliphatic heterocycles. The molecule has 0 radical (unpaired) electrons. The van der Waals surface area contributed by atoms with Crippen LogP contribution in [-0.4, -0.2) is 50.0 Å². The molecule has 1 atom stereocenters. The SMILES string of the molecule is C[Si](C)(C)OCC1(C#N)COCCN1Cc1cccc([N+](=O)[O-])c1. The van der Waals surface area contributed by atoms with Gasteiger partial charge in [0.25, 0.3) is 5.69 Å². The molecule has 0 amide bonds. The first-order valence-corrected chi connectivity index (χ1v) is 11.3. The van der Waals surface area contributed by atoms with Gasteiger partial charge in [0.2, 0.25) is 0 Å². The third-order valence-corrected chi connectivity index (χ3v) is 4.91. The summed E-state index contributed by atoms with van der Waals surface area (Å²) in [5, 5.41) is 20.7. The van der Waals surface area contributed by atoms with E-state index in [2.05, 4.69) is 25.7 Å². The molecule has 0 aromatic heterocycles. The lowest BCUT2D eigenvalue weighted by Crippen LogP contribution is -2.59. The number of rotatable bonds is 6. The molecule has 1 aromatic rings. The first-order valence-electron chi connectivity index (χ1n) is 7.87. The summed E-state index contributed by atoms with van der Waals surface area (Å²) < 4.78 is 11.5. The lowest BCUT2D eigenvalue weighted by molar-refractivity contribution is -0.384. The van der Waals surface area contributed by atoms with Gasteiger partial charge in [0, 0.05) is 25.2 Å². The Morgan fingerprint density at radius 2 is 2.25 bits per heavy atom. The average molecular weight is 349 g/mol. The number of benzene rings is 1. The molecule has 1 saturated heterocycles. The van der Waals surface area contributed by atoms with Gasteiger partial charge in [-0.15, -0.1) is 0 Å². The molecular formula is C16H23N3O4Si. The summed E-state index contributed by atoms with van der Waals surface area (Å²) in [7, 11) is -1.77. The van der Waals surface area contributed by atoms with Crippen LogP contribution in [0.4, 0.5) is 5.69 Å². The normalized spacial score (nSPS) is 22.1. The molecule has 1 aliphatic rings. The Balaban J connectivity index is 2.20. The zero-order valence-electron chi connectivity index (χ0n) is 14.3. The van der Waals surface area contributed by atoms with E-state index in [1.807, 2.05) is 11.0 Å². The standard InChI is InChI=1S/C16H23N3O4Si/c1-24(2,3)23-13-16(11-17)12-22-8-7-18(16)10-14-5-4-6-15(9-14)19(20)21/h4-6,9H,7-8,10,12-13H2,1-3H3.